The van der Waals surface area contributed by atoms with Crippen LogP contribution in [0.25, 0.3) is 11.0 Å². The molecule has 7 nitrogen and oxygen atoms in total. The molecule has 0 spiro atoms. The lowest BCUT2D eigenvalue weighted by Crippen LogP contribution is -2.59. The monoisotopic (exact) mass is 317 g/mol. The molecule has 2 N–H and O–H groups in total. The quantitative estimate of drug-likeness (QED) is 0.858. The van der Waals surface area contributed by atoms with Gasteiger partial charge in [-0.25, -0.2) is 9.59 Å². The number of imidazole rings is 1. The molecule has 1 aromatic carbocycles. The van der Waals surface area contributed by atoms with Crippen LogP contribution >= 0.6 is 0 Å². The summed E-state index contributed by atoms with van der Waals surface area (Å²) in [7, 11) is 0. The Bertz CT molecular complexity index is 829. The molecular formula is C16H19N3O4. The van der Waals surface area contributed by atoms with Crippen LogP contribution in [-0.4, -0.2) is 31.7 Å². The molecule has 122 valence electrons. The molecule has 7 heteroatoms. The number of hydrogen-bond donors (Lipinski definition) is 2. The number of fused-ring (bicyclic) bond motifs is 1. The largest absolute Gasteiger partial charge is 0.480 e. The minimum atomic E-state index is -1.16. The summed E-state index contributed by atoms with van der Waals surface area (Å²) in [4.78, 5) is 36.1. The highest BCUT2D eigenvalue weighted by molar-refractivity contribution is 5.88. The zero-order chi connectivity index (χ0) is 16.6. The van der Waals surface area contributed by atoms with Crippen LogP contribution in [0.15, 0.2) is 29.1 Å². The van der Waals surface area contributed by atoms with E-state index in [-0.39, 0.29) is 12.2 Å². The molecule has 0 saturated heterocycles. The maximum absolute atomic E-state index is 12.5. The van der Waals surface area contributed by atoms with E-state index in [1.165, 1.54) is 4.57 Å². The van der Waals surface area contributed by atoms with Crippen LogP contribution in [0.4, 0.5) is 0 Å². The lowest BCUT2D eigenvalue weighted by molar-refractivity contribution is -0.151. The van der Waals surface area contributed by atoms with Gasteiger partial charge in [-0.1, -0.05) is 12.1 Å². The van der Waals surface area contributed by atoms with Crippen molar-refractivity contribution in [2.45, 2.75) is 44.8 Å². The molecule has 1 aliphatic rings. The molecule has 0 radical (unpaired) electrons. The number of nitrogens with one attached hydrogen (secondary N) is 1. The third kappa shape index (κ3) is 2.42. The zero-order valence-electron chi connectivity index (χ0n) is 12.9. The van der Waals surface area contributed by atoms with E-state index in [1.54, 1.807) is 16.7 Å². The van der Waals surface area contributed by atoms with Crippen LogP contribution in [0.3, 0.4) is 0 Å². The Kier molecular flexibility index (Phi) is 3.71. The van der Waals surface area contributed by atoms with Gasteiger partial charge in [-0.15, -0.1) is 0 Å². The molecule has 1 amide bonds. The van der Waals surface area contributed by atoms with Gasteiger partial charge in [-0.05, 0) is 38.3 Å². The number of carboxylic acid groups (broad SMARTS) is 1. The van der Waals surface area contributed by atoms with Crippen molar-refractivity contribution in [1.82, 2.24) is 14.5 Å². The lowest BCUT2D eigenvalue weighted by Gasteiger charge is -2.38. The molecule has 1 saturated carbocycles. The number of benzene rings is 1. The molecule has 2 aromatic rings. The third-order valence-electron chi connectivity index (χ3n) is 4.54. The second-order valence-electron chi connectivity index (χ2n) is 5.89. The van der Waals surface area contributed by atoms with E-state index in [0.717, 1.165) is 11.9 Å². The van der Waals surface area contributed by atoms with Gasteiger partial charge in [0, 0.05) is 6.54 Å². The Balaban J connectivity index is 1.90. The van der Waals surface area contributed by atoms with Crippen LogP contribution in [0.1, 0.15) is 26.2 Å². The van der Waals surface area contributed by atoms with Gasteiger partial charge in [0.2, 0.25) is 5.91 Å². The van der Waals surface area contributed by atoms with Crippen molar-refractivity contribution < 1.29 is 14.7 Å². The van der Waals surface area contributed by atoms with Gasteiger partial charge in [0.05, 0.1) is 11.0 Å². The SMILES string of the molecule is CCn1c(=O)n(CC(=O)NC2(C(=O)O)CCC2)c2ccccc21. The molecule has 0 bridgehead atoms. The van der Waals surface area contributed by atoms with Gasteiger partial charge < -0.3 is 10.4 Å². The summed E-state index contributed by atoms with van der Waals surface area (Å²) in [5.74, 6) is -1.46. The van der Waals surface area contributed by atoms with Gasteiger partial charge in [-0.3, -0.25) is 13.9 Å². The van der Waals surface area contributed by atoms with E-state index in [0.29, 0.717) is 24.9 Å². The number of amides is 1. The highest BCUT2D eigenvalue weighted by Crippen LogP contribution is 2.32. The van der Waals surface area contributed by atoms with Gasteiger partial charge in [0.1, 0.15) is 12.1 Å². The number of rotatable bonds is 5. The van der Waals surface area contributed by atoms with E-state index >= 15 is 0 Å². The number of hydrogen-bond acceptors (Lipinski definition) is 3. The Morgan fingerprint density at radius 3 is 2.30 bits per heavy atom. The second-order valence-corrected chi connectivity index (χ2v) is 5.89. The number of aryl methyl sites for hydroxylation is 1. The summed E-state index contributed by atoms with van der Waals surface area (Å²) >= 11 is 0. The fourth-order valence-corrected chi connectivity index (χ4v) is 3.10. The molecular weight excluding hydrogens is 298 g/mol. The molecule has 1 aromatic heterocycles. The first kappa shape index (κ1) is 15.3. The van der Waals surface area contributed by atoms with Gasteiger partial charge >= 0.3 is 11.7 Å². The number of nitrogens with zero attached hydrogens (tertiary/aromatic N) is 2. The topological polar surface area (TPSA) is 93.3 Å². The van der Waals surface area contributed by atoms with Crippen molar-refractivity contribution in [3.63, 3.8) is 0 Å². The van der Waals surface area contributed by atoms with Crippen molar-refractivity contribution in [2.24, 2.45) is 0 Å². The summed E-state index contributed by atoms with van der Waals surface area (Å²) in [6.45, 7) is 2.19. The van der Waals surface area contributed by atoms with Crippen LogP contribution in [-0.2, 0) is 22.7 Å². The second kappa shape index (κ2) is 5.57. The number of para-hydroxylation sites is 2. The lowest BCUT2D eigenvalue weighted by atomic mass is 9.77. The fourth-order valence-electron chi connectivity index (χ4n) is 3.10. The van der Waals surface area contributed by atoms with E-state index < -0.39 is 17.4 Å². The van der Waals surface area contributed by atoms with Gasteiger partial charge in [-0.2, -0.15) is 0 Å². The maximum atomic E-state index is 12.5. The molecule has 1 heterocycles. The molecule has 3 rings (SSSR count). The van der Waals surface area contributed by atoms with Crippen LogP contribution in [0, 0.1) is 0 Å². The molecule has 23 heavy (non-hydrogen) atoms. The third-order valence-corrected chi connectivity index (χ3v) is 4.54. The highest BCUT2D eigenvalue weighted by atomic mass is 16.4. The Labute approximate surface area is 132 Å². The van der Waals surface area contributed by atoms with Crippen molar-refractivity contribution in [3.8, 4) is 0 Å². The molecule has 1 aliphatic carbocycles. The van der Waals surface area contributed by atoms with Crippen molar-refractivity contribution >= 4 is 22.9 Å². The van der Waals surface area contributed by atoms with Crippen molar-refractivity contribution in [1.29, 1.82) is 0 Å². The predicted molar refractivity (Wildman–Crippen MR) is 84.2 cm³/mol. The summed E-state index contributed by atoms with van der Waals surface area (Å²) < 4.78 is 2.99. The van der Waals surface area contributed by atoms with Crippen molar-refractivity contribution in [2.75, 3.05) is 0 Å². The number of aromatic nitrogens is 2. The van der Waals surface area contributed by atoms with Crippen LogP contribution in [0.5, 0.6) is 0 Å². The van der Waals surface area contributed by atoms with Crippen LogP contribution < -0.4 is 11.0 Å². The van der Waals surface area contributed by atoms with E-state index in [9.17, 15) is 19.5 Å². The van der Waals surface area contributed by atoms with Gasteiger partial charge in [0.25, 0.3) is 0 Å². The van der Waals surface area contributed by atoms with Gasteiger partial charge in [0.15, 0.2) is 0 Å². The first-order valence-electron chi connectivity index (χ1n) is 7.71. The van der Waals surface area contributed by atoms with E-state index in [4.69, 9.17) is 0 Å². The summed E-state index contributed by atoms with van der Waals surface area (Å²) in [5.41, 5.74) is 0.0165. The summed E-state index contributed by atoms with van der Waals surface area (Å²) in [6, 6.07) is 7.26. The Morgan fingerprint density at radius 2 is 1.83 bits per heavy atom. The van der Waals surface area contributed by atoms with E-state index in [2.05, 4.69) is 5.32 Å². The number of aliphatic carboxylic acids is 1. The zero-order valence-corrected chi connectivity index (χ0v) is 12.9. The molecule has 0 unspecified atom stereocenters. The van der Waals surface area contributed by atoms with Crippen LogP contribution in [0.2, 0.25) is 0 Å². The van der Waals surface area contributed by atoms with E-state index in [1.807, 2.05) is 19.1 Å². The number of carboxylic acids is 1. The standard InChI is InChI=1S/C16H19N3O4/c1-2-18-11-6-3-4-7-12(11)19(15(18)23)10-13(20)17-16(14(21)22)8-5-9-16/h3-4,6-7H,2,5,8-10H2,1H3,(H,17,20)(H,21,22). The predicted octanol–water partition coefficient (Wildman–Crippen LogP) is 0.946. The smallest absolute Gasteiger partial charge is 0.329 e. The fraction of sp³-hybridized carbons (Fsp3) is 0.438. The first-order valence-corrected chi connectivity index (χ1v) is 7.71. The average molecular weight is 317 g/mol. The minimum absolute atomic E-state index is 0.179. The molecule has 0 atom stereocenters. The molecule has 1 fully saturated rings. The Morgan fingerprint density at radius 1 is 1.22 bits per heavy atom. The highest BCUT2D eigenvalue weighted by Gasteiger charge is 2.45. The molecule has 0 aliphatic heterocycles. The minimum Gasteiger partial charge on any atom is -0.480 e. The normalized spacial score (nSPS) is 16.0. The average Bonchev–Trinajstić information content (AvgIpc) is 2.75. The summed E-state index contributed by atoms with van der Waals surface area (Å²) in [6.07, 6.45) is 1.64. The Hall–Kier alpha value is -2.57. The maximum Gasteiger partial charge on any atom is 0.329 e. The summed E-state index contributed by atoms with van der Waals surface area (Å²) in [5, 5.41) is 11.9. The van der Waals surface area contributed by atoms with Crippen molar-refractivity contribution in [3.05, 3.63) is 34.7 Å². The number of carbonyl (C=O) groups excluding carboxylic acids is 1. The first-order chi connectivity index (χ1) is 11.0. The number of carbonyl (C=O) groups is 2.